The molecule has 0 atom stereocenters. The van der Waals surface area contributed by atoms with E-state index in [4.69, 9.17) is 0 Å². The summed E-state index contributed by atoms with van der Waals surface area (Å²) in [6.07, 6.45) is 6.34. The zero-order valence-electron chi connectivity index (χ0n) is 25.2. The smallest absolute Gasteiger partial charge is 0.0548 e. The number of allylic oxidation sites excluding steroid dienone is 1. The third-order valence-corrected chi connectivity index (χ3v) is 8.84. The van der Waals surface area contributed by atoms with Crippen LogP contribution in [0.25, 0.3) is 78.5 Å². The van der Waals surface area contributed by atoms with Crippen LogP contribution in [0.5, 0.6) is 0 Å². The van der Waals surface area contributed by atoms with Crippen LogP contribution < -0.4 is 0 Å². The Balaban J connectivity index is 1.38. The highest BCUT2D eigenvalue weighted by Gasteiger charge is 2.22. The zero-order chi connectivity index (χ0) is 30.3. The van der Waals surface area contributed by atoms with Gasteiger partial charge in [-0.2, -0.15) is 0 Å². The summed E-state index contributed by atoms with van der Waals surface area (Å²) in [6.45, 7) is 6.40. The predicted molar refractivity (Wildman–Crippen MR) is 193 cm³/mol. The van der Waals surface area contributed by atoms with Crippen molar-refractivity contribution in [3.05, 3.63) is 170 Å². The van der Waals surface area contributed by atoms with E-state index in [1.54, 1.807) is 0 Å². The maximum Gasteiger partial charge on any atom is 0.0548 e. The van der Waals surface area contributed by atoms with Gasteiger partial charge in [-0.25, -0.2) is 0 Å². The second kappa shape index (κ2) is 11.0. The number of benzene rings is 6. The van der Waals surface area contributed by atoms with Crippen LogP contribution in [0.1, 0.15) is 18.2 Å². The molecule has 0 amide bonds. The van der Waals surface area contributed by atoms with Gasteiger partial charge < -0.3 is 9.13 Å². The molecular formula is C43H32N2. The molecular weight excluding hydrogens is 544 g/mol. The number of fused-ring (bicyclic) bond motifs is 5. The lowest BCUT2D eigenvalue weighted by Crippen LogP contribution is -1.97. The van der Waals surface area contributed by atoms with Crippen LogP contribution in [0.3, 0.4) is 0 Å². The van der Waals surface area contributed by atoms with Crippen LogP contribution in [0.15, 0.2) is 158 Å². The molecule has 214 valence electrons. The second-order valence-corrected chi connectivity index (χ2v) is 11.4. The first-order valence-corrected chi connectivity index (χ1v) is 15.4. The summed E-state index contributed by atoms with van der Waals surface area (Å²) in [4.78, 5) is 0. The fourth-order valence-electron chi connectivity index (χ4n) is 6.84. The van der Waals surface area contributed by atoms with Gasteiger partial charge in [-0.05, 0) is 77.7 Å². The summed E-state index contributed by atoms with van der Waals surface area (Å²) < 4.78 is 4.77. The van der Waals surface area contributed by atoms with Crippen molar-refractivity contribution < 1.29 is 0 Å². The standard InChI is InChI=1S/C43H32N2/c1-3-13-38-36(4-2)42-40(44(38)34-24-20-32(21-25-34)30-14-7-5-8-15-30)28-29-41-43(42)37-18-11-12-19-39(37)45(41)35-26-22-33(23-27-35)31-16-9-6-10-17-31/h3-29H,2H2,1H3/b13-3-. The summed E-state index contributed by atoms with van der Waals surface area (Å²) in [5.41, 5.74) is 12.9. The van der Waals surface area contributed by atoms with Crippen molar-refractivity contribution in [2.75, 3.05) is 0 Å². The normalized spacial score (nSPS) is 11.7. The van der Waals surface area contributed by atoms with Crippen molar-refractivity contribution in [3.8, 4) is 33.6 Å². The lowest BCUT2D eigenvalue weighted by Gasteiger charge is -2.11. The number of hydrogen-bond acceptors (Lipinski definition) is 0. The van der Waals surface area contributed by atoms with Crippen LogP contribution in [0.4, 0.5) is 0 Å². The lowest BCUT2D eigenvalue weighted by atomic mass is 10.0. The van der Waals surface area contributed by atoms with Gasteiger partial charge in [0.2, 0.25) is 0 Å². The molecule has 2 heteroatoms. The van der Waals surface area contributed by atoms with Gasteiger partial charge in [0.1, 0.15) is 0 Å². The van der Waals surface area contributed by atoms with Crippen molar-refractivity contribution in [2.45, 2.75) is 6.92 Å². The molecule has 0 bridgehead atoms. The Labute approximate surface area is 263 Å². The van der Waals surface area contributed by atoms with E-state index < -0.39 is 0 Å². The number of rotatable bonds is 6. The van der Waals surface area contributed by atoms with Crippen molar-refractivity contribution in [1.82, 2.24) is 9.13 Å². The van der Waals surface area contributed by atoms with Crippen LogP contribution in [0, 0.1) is 0 Å². The molecule has 0 saturated carbocycles. The van der Waals surface area contributed by atoms with Gasteiger partial charge in [0.25, 0.3) is 0 Å². The van der Waals surface area contributed by atoms with Crippen LogP contribution in [-0.4, -0.2) is 9.13 Å². The van der Waals surface area contributed by atoms with Gasteiger partial charge >= 0.3 is 0 Å². The molecule has 2 aromatic heterocycles. The molecule has 0 fully saturated rings. The van der Waals surface area contributed by atoms with Crippen LogP contribution in [-0.2, 0) is 0 Å². The molecule has 2 nitrogen and oxygen atoms in total. The van der Waals surface area contributed by atoms with Crippen LogP contribution >= 0.6 is 0 Å². The summed E-state index contributed by atoms with van der Waals surface area (Å²) in [7, 11) is 0. The molecule has 0 spiro atoms. The van der Waals surface area contributed by atoms with Crippen molar-refractivity contribution in [3.63, 3.8) is 0 Å². The second-order valence-electron chi connectivity index (χ2n) is 11.4. The van der Waals surface area contributed by atoms with E-state index in [0.29, 0.717) is 0 Å². The Morgan fingerprint density at radius 1 is 0.467 bits per heavy atom. The van der Waals surface area contributed by atoms with Crippen molar-refractivity contribution in [1.29, 1.82) is 0 Å². The molecule has 0 aliphatic rings. The molecule has 0 aliphatic heterocycles. The first-order chi connectivity index (χ1) is 22.3. The fourth-order valence-corrected chi connectivity index (χ4v) is 6.84. The van der Waals surface area contributed by atoms with E-state index in [-0.39, 0.29) is 0 Å². The largest absolute Gasteiger partial charge is 0.309 e. The number of aromatic nitrogens is 2. The monoisotopic (exact) mass is 576 g/mol. The third-order valence-electron chi connectivity index (χ3n) is 8.84. The van der Waals surface area contributed by atoms with E-state index in [2.05, 4.69) is 180 Å². The number of para-hydroxylation sites is 1. The molecule has 45 heavy (non-hydrogen) atoms. The van der Waals surface area contributed by atoms with Crippen molar-refractivity contribution in [2.24, 2.45) is 0 Å². The molecule has 0 aliphatic carbocycles. The molecule has 8 aromatic rings. The van der Waals surface area contributed by atoms with Crippen molar-refractivity contribution >= 4 is 44.9 Å². The Kier molecular flexibility index (Phi) is 6.54. The molecule has 0 radical (unpaired) electrons. The summed E-state index contributed by atoms with van der Waals surface area (Å²) in [6, 6.07) is 52.2. The van der Waals surface area contributed by atoms with E-state index in [9.17, 15) is 0 Å². The van der Waals surface area contributed by atoms with Gasteiger partial charge in [0.05, 0.1) is 22.2 Å². The first kappa shape index (κ1) is 26.7. The predicted octanol–water partition coefficient (Wildman–Crippen LogP) is 11.7. The SMILES string of the molecule is C=Cc1c(/C=C\C)n(-c2ccc(-c3ccccc3)cc2)c2ccc3c(c4ccccc4n3-c3ccc(-c4ccccc4)cc3)c12. The first-order valence-electron chi connectivity index (χ1n) is 15.4. The van der Waals surface area contributed by atoms with Gasteiger partial charge in [0, 0.05) is 33.1 Å². The number of hydrogen-bond donors (Lipinski definition) is 0. The molecule has 0 unspecified atom stereocenters. The quantitative estimate of drug-likeness (QED) is 0.186. The summed E-state index contributed by atoms with van der Waals surface area (Å²) >= 11 is 0. The van der Waals surface area contributed by atoms with E-state index in [0.717, 1.165) is 22.6 Å². The molecule has 8 rings (SSSR count). The molecule has 2 heterocycles. The Hall–Kier alpha value is -5.86. The van der Waals surface area contributed by atoms with Gasteiger partial charge in [-0.15, -0.1) is 0 Å². The minimum absolute atomic E-state index is 1.13. The maximum atomic E-state index is 4.32. The van der Waals surface area contributed by atoms with Crippen LogP contribution in [0.2, 0.25) is 0 Å². The topological polar surface area (TPSA) is 9.86 Å². The molecule has 6 aromatic carbocycles. The average Bonchev–Trinajstić information content (AvgIpc) is 3.61. The lowest BCUT2D eigenvalue weighted by molar-refractivity contribution is 1.10. The maximum absolute atomic E-state index is 4.32. The highest BCUT2D eigenvalue weighted by Crippen LogP contribution is 2.42. The summed E-state index contributed by atoms with van der Waals surface area (Å²) in [5, 5.41) is 3.70. The third kappa shape index (κ3) is 4.34. The minimum Gasteiger partial charge on any atom is -0.309 e. The van der Waals surface area contributed by atoms with Gasteiger partial charge in [0.15, 0.2) is 0 Å². The van der Waals surface area contributed by atoms with E-state index in [1.165, 1.54) is 55.0 Å². The summed E-state index contributed by atoms with van der Waals surface area (Å²) in [5.74, 6) is 0. The Morgan fingerprint density at radius 2 is 0.956 bits per heavy atom. The highest BCUT2D eigenvalue weighted by molar-refractivity contribution is 6.23. The zero-order valence-corrected chi connectivity index (χ0v) is 25.2. The molecule has 0 N–H and O–H groups in total. The Bertz CT molecular complexity index is 2350. The Morgan fingerprint density at radius 3 is 1.51 bits per heavy atom. The number of nitrogens with zero attached hydrogens (tertiary/aromatic N) is 2. The molecule has 0 saturated heterocycles. The average molecular weight is 577 g/mol. The minimum atomic E-state index is 1.13. The van der Waals surface area contributed by atoms with Gasteiger partial charge in [-0.3, -0.25) is 0 Å². The highest BCUT2D eigenvalue weighted by atomic mass is 15.0. The van der Waals surface area contributed by atoms with E-state index in [1.807, 2.05) is 6.08 Å². The fraction of sp³-hybridized carbons (Fsp3) is 0.0233. The van der Waals surface area contributed by atoms with Gasteiger partial charge in [-0.1, -0.05) is 122 Å². The van der Waals surface area contributed by atoms with E-state index >= 15 is 0 Å².